The van der Waals surface area contributed by atoms with Crippen molar-refractivity contribution in [1.82, 2.24) is 5.32 Å². The number of hydrogen-bond acceptors (Lipinski definition) is 3. The molecule has 0 bridgehead atoms. The van der Waals surface area contributed by atoms with E-state index in [0.29, 0.717) is 5.76 Å². The number of halogens is 3. The minimum absolute atomic E-state index is 0.00492. The van der Waals surface area contributed by atoms with Crippen LogP contribution in [0.1, 0.15) is 27.8 Å². The lowest BCUT2D eigenvalue weighted by Gasteiger charge is -2.16. The van der Waals surface area contributed by atoms with Gasteiger partial charge in [0.05, 0.1) is 23.9 Å². The van der Waals surface area contributed by atoms with E-state index in [9.17, 15) is 18.0 Å². The number of hydrogen-bond donors (Lipinski definition) is 1. The highest BCUT2D eigenvalue weighted by Gasteiger charge is 2.34. The Balaban J connectivity index is 2.10. The predicted molar refractivity (Wildman–Crippen MR) is 72.2 cm³/mol. The zero-order valence-corrected chi connectivity index (χ0v) is 11.7. The van der Waals surface area contributed by atoms with Crippen molar-refractivity contribution < 1.29 is 27.1 Å². The van der Waals surface area contributed by atoms with Gasteiger partial charge >= 0.3 is 6.18 Å². The first-order valence-electron chi connectivity index (χ1n) is 6.44. The van der Waals surface area contributed by atoms with Crippen LogP contribution in [-0.4, -0.2) is 19.6 Å². The molecule has 0 aliphatic heterocycles. The minimum Gasteiger partial charge on any atom is -0.467 e. The average molecular weight is 313 g/mol. The van der Waals surface area contributed by atoms with Gasteiger partial charge in [-0.1, -0.05) is 12.1 Å². The lowest BCUT2D eigenvalue weighted by Crippen LogP contribution is -2.30. The van der Waals surface area contributed by atoms with E-state index in [4.69, 9.17) is 9.15 Å². The molecule has 1 heterocycles. The number of methoxy groups -OCH3 is 1. The second-order valence-electron chi connectivity index (χ2n) is 4.49. The molecule has 0 saturated heterocycles. The van der Waals surface area contributed by atoms with E-state index >= 15 is 0 Å². The van der Waals surface area contributed by atoms with Gasteiger partial charge < -0.3 is 14.5 Å². The molecule has 0 unspecified atom stereocenters. The molecule has 0 radical (unpaired) electrons. The zero-order valence-electron chi connectivity index (χ0n) is 11.7. The van der Waals surface area contributed by atoms with Gasteiger partial charge in [-0.25, -0.2) is 0 Å². The van der Waals surface area contributed by atoms with Crippen molar-refractivity contribution in [2.75, 3.05) is 13.7 Å². The molecule has 118 valence electrons. The monoisotopic (exact) mass is 313 g/mol. The Morgan fingerprint density at radius 2 is 2.00 bits per heavy atom. The molecule has 22 heavy (non-hydrogen) atoms. The van der Waals surface area contributed by atoms with Gasteiger partial charge in [-0.15, -0.1) is 0 Å². The Kier molecular flexibility index (Phi) is 4.87. The van der Waals surface area contributed by atoms with E-state index in [1.54, 1.807) is 12.1 Å². The van der Waals surface area contributed by atoms with Gasteiger partial charge in [-0.3, -0.25) is 4.79 Å². The SMILES string of the molecule is CO[C@@H](CNC(=O)c1ccccc1C(F)(F)F)c1ccco1. The topological polar surface area (TPSA) is 51.5 Å². The lowest BCUT2D eigenvalue weighted by molar-refractivity contribution is -0.137. The van der Waals surface area contributed by atoms with E-state index in [-0.39, 0.29) is 6.54 Å². The number of carbonyl (C=O) groups excluding carboxylic acids is 1. The van der Waals surface area contributed by atoms with Crippen LogP contribution in [0.2, 0.25) is 0 Å². The van der Waals surface area contributed by atoms with Crippen LogP contribution in [0.25, 0.3) is 0 Å². The minimum atomic E-state index is -4.59. The summed E-state index contributed by atoms with van der Waals surface area (Å²) in [5.41, 5.74) is -1.40. The number of carbonyl (C=O) groups is 1. The third-order valence-corrected chi connectivity index (χ3v) is 3.07. The first-order valence-corrected chi connectivity index (χ1v) is 6.44. The number of amides is 1. The van der Waals surface area contributed by atoms with Gasteiger partial charge in [0.1, 0.15) is 11.9 Å². The van der Waals surface area contributed by atoms with E-state index < -0.39 is 29.3 Å². The molecule has 0 spiro atoms. The predicted octanol–water partition coefficient (Wildman–Crippen LogP) is 3.42. The highest BCUT2D eigenvalue weighted by atomic mass is 19.4. The van der Waals surface area contributed by atoms with Gasteiger partial charge in [-0.2, -0.15) is 13.2 Å². The summed E-state index contributed by atoms with van der Waals surface area (Å²) in [6.45, 7) is -0.00492. The molecule has 2 aromatic rings. The van der Waals surface area contributed by atoms with E-state index in [1.165, 1.54) is 25.5 Å². The fourth-order valence-electron chi connectivity index (χ4n) is 1.98. The summed E-state index contributed by atoms with van der Waals surface area (Å²) in [6.07, 6.45) is -3.71. The summed E-state index contributed by atoms with van der Waals surface area (Å²) >= 11 is 0. The van der Waals surface area contributed by atoms with Gasteiger partial charge in [-0.05, 0) is 24.3 Å². The van der Waals surface area contributed by atoms with Crippen molar-refractivity contribution in [1.29, 1.82) is 0 Å². The second-order valence-corrected chi connectivity index (χ2v) is 4.49. The fraction of sp³-hybridized carbons (Fsp3) is 0.267. The quantitative estimate of drug-likeness (QED) is 0.920. The maximum atomic E-state index is 12.9. The number of alkyl halides is 3. The molecule has 1 N–H and O–H groups in total. The first-order chi connectivity index (χ1) is 10.4. The van der Waals surface area contributed by atoms with Gasteiger partial charge in [0.2, 0.25) is 0 Å². The van der Waals surface area contributed by atoms with Crippen molar-refractivity contribution in [2.45, 2.75) is 12.3 Å². The Hall–Kier alpha value is -2.28. The van der Waals surface area contributed by atoms with E-state index in [1.807, 2.05) is 0 Å². The van der Waals surface area contributed by atoms with Crippen LogP contribution in [-0.2, 0) is 10.9 Å². The zero-order chi connectivity index (χ0) is 16.2. The van der Waals surface area contributed by atoms with Crippen LogP contribution in [0.5, 0.6) is 0 Å². The normalized spacial score (nSPS) is 12.9. The molecule has 2 rings (SSSR count). The standard InChI is InChI=1S/C15H14F3NO3/c1-21-13(12-7-4-8-22-12)9-19-14(20)10-5-2-3-6-11(10)15(16,17)18/h2-8,13H,9H2,1H3,(H,19,20)/t13-/m0/s1. The summed E-state index contributed by atoms with van der Waals surface area (Å²) in [5.74, 6) is -0.339. The lowest BCUT2D eigenvalue weighted by atomic mass is 10.1. The molecule has 1 aromatic heterocycles. The van der Waals surface area contributed by atoms with Crippen molar-refractivity contribution in [3.63, 3.8) is 0 Å². The van der Waals surface area contributed by atoms with Gasteiger partial charge in [0.15, 0.2) is 0 Å². The van der Waals surface area contributed by atoms with Crippen LogP contribution in [0.4, 0.5) is 13.2 Å². The van der Waals surface area contributed by atoms with Crippen LogP contribution in [0.3, 0.4) is 0 Å². The summed E-state index contributed by atoms with van der Waals surface area (Å²) in [4.78, 5) is 12.0. The first kappa shape index (κ1) is 16.1. The molecular formula is C15H14F3NO3. The molecule has 1 atom stereocenters. The van der Waals surface area contributed by atoms with Crippen LogP contribution >= 0.6 is 0 Å². The van der Waals surface area contributed by atoms with Gasteiger partial charge in [0, 0.05) is 7.11 Å². The third kappa shape index (κ3) is 3.67. The smallest absolute Gasteiger partial charge is 0.417 e. The molecule has 7 heteroatoms. The fourth-order valence-corrected chi connectivity index (χ4v) is 1.98. The Bertz CT molecular complexity index is 623. The Morgan fingerprint density at radius 1 is 1.27 bits per heavy atom. The highest BCUT2D eigenvalue weighted by Crippen LogP contribution is 2.31. The number of nitrogens with one attached hydrogen (secondary N) is 1. The second kappa shape index (κ2) is 6.65. The average Bonchev–Trinajstić information content (AvgIpc) is 3.01. The number of rotatable bonds is 5. The summed E-state index contributed by atoms with van der Waals surface area (Å²) in [5, 5.41) is 2.43. The molecule has 1 amide bonds. The van der Waals surface area contributed by atoms with Crippen LogP contribution < -0.4 is 5.32 Å². The Morgan fingerprint density at radius 3 is 2.59 bits per heavy atom. The number of furan rings is 1. The third-order valence-electron chi connectivity index (χ3n) is 3.07. The molecule has 0 saturated carbocycles. The van der Waals surface area contributed by atoms with Crippen molar-refractivity contribution in [3.8, 4) is 0 Å². The number of ether oxygens (including phenoxy) is 1. The van der Waals surface area contributed by atoms with Gasteiger partial charge in [0.25, 0.3) is 5.91 Å². The van der Waals surface area contributed by atoms with E-state index in [2.05, 4.69) is 5.32 Å². The molecular weight excluding hydrogens is 299 g/mol. The Labute approximate surface area is 124 Å². The summed E-state index contributed by atoms with van der Waals surface area (Å²) in [6, 6.07) is 7.93. The van der Waals surface area contributed by atoms with E-state index in [0.717, 1.165) is 12.1 Å². The van der Waals surface area contributed by atoms with Crippen molar-refractivity contribution in [2.24, 2.45) is 0 Å². The molecule has 0 aliphatic carbocycles. The van der Waals surface area contributed by atoms with Crippen LogP contribution in [0.15, 0.2) is 47.1 Å². The molecule has 4 nitrogen and oxygen atoms in total. The van der Waals surface area contributed by atoms with Crippen LogP contribution in [0, 0.1) is 0 Å². The van der Waals surface area contributed by atoms with Crippen molar-refractivity contribution in [3.05, 3.63) is 59.5 Å². The molecule has 1 aromatic carbocycles. The maximum Gasteiger partial charge on any atom is 0.417 e. The highest BCUT2D eigenvalue weighted by molar-refractivity contribution is 5.95. The molecule has 0 aliphatic rings. The summed E-state index contributed by atoms with van der Waals surface area (Å²) in [7, 11) is 1.42. The molecule has 0 fully saturated rings. The maximum absolute atomic E-state index is 12.9. The largest absolute Gasteiger partial charge is 0.467 e. The number of benzene rings is 1. The van der Waals surface area contributed by atoms with Crippen molar-refractivity contribution >= 4 is 5.91 Å². The summed E-state index contributed by atoms with van der Waals surface area (Å²) < 4.78 is 48.9.